The summed E-state index contributed by atoms with van der Waals surface area (Å²) < 4.78 is 0. The molecule has 8 heteroatoms. The maximum absolute atomic E-state index is 13.3. The number of carbonyl (C=O) groups excluding carboxylic acids is 4. The maximum atomic E-state index is 13.3. The number of anilines is 1. The van der Waals surface area contributed by atoms with Gasteiger partial charge in [0.25, 0.3) is 5.91 Å². The molecule has 3 aromatic rings. The summed E-state index contributed by atoms with van der Waals surface area (Å²) in [7, 11) is 0. The molecule has 0 unspecified atom stereocenters. The van der Waals surface area contributed by atoms with E-state index >= 15 is 0 Å². The summed E-state index contributed by atoms with van der Waals surface area (Å²) in [6, 6.07) is 16.4. The Balaban J connectivity index is 1.41. The number of urea groups is 1. The third kappa shape index (κ3) is 4.59. The smallest absolute Gasteiger partial charge is 0.325 e. The predicted molar refractivity (Wildman–Crippen MR) is 134 cm³/mol. The minimum absolute atomic E-state index is 0.282. The van der Waals surface area contributed by atoms with E-state index in [-0.39, 0.29) is 6.54 Å². The Labute approximate surface area is 203 Å². The summed E-state index contributed by atoms with van der Waals surface area (Å²) in [6.45, 7) is 6.65. The van der Waals surface area contributed by atoms with Crippen LogP contribution in [0, 0.1) is 20.8 Å². The average Bonchev–Trinajstić information content (AvgIpc) is 3.03. The number of rotatable bonds is 6. The number of hydrogen-bond donors (Lipinski definition) is 3. The van der Waals surface area contributed by atoms with Crippen molar-refractivity contribution >= 4 is 40.2 Å². The molecule has 180 valence electrons. The van der Waals surface area contributed by atoms with E-state index in [2.05, 4.69) is 16.0 Å². The zero-order valence-electron chi connectivity index (χ0n) is 20.2. The van der Waals surface area contributed by atoms with Crippen molar-refractivity contribution in [3.63, 3.8) is 0 Å². The van der Waals surface area contributed by atoms with Gasteiger partial charge >= 0.3 is 6.03 Å². The molecule has 0 saturated carbocycles. The molecule has 8 nitrogen and oxygen atoms in total. The normalized spacial score (nSPS) is 17.4. The van der Waals surface area contributed by atoms with Crippen molar-refractivity contribution in [2.45, 2.75) is 33.2 Å². The minimum atomic E-state index is -1.31. The van der Waals surface area contributed by atoms with Gasteiger partial charge in [-0.1, -0.05) is 60.2 Å². The van der Waals surface area contributed by atoms with E-state index in [1.54, 1.807) is 13.0 Å². The number of fused-ring (bicyclic) bond motifs is 1. The molecule has 0 spiro atoms. The van der Waals surface area contributed by atoms with Crippen molar-refractivity contribution in [1.29, 1.82) is 0 Å². The first-order chi connectivity index (χ1) is 16.6. The molecular weight excluding hydrogens is 444 g/mol. The molecule has 4 rings (SSSR count). The Morgan fingerprint density at radius 2 is 1.60 bits per heavy atom. The Hall–Kier alpha value is -4.20. The Bertz CT molecular complexity index is 1340. The molecule has 1 fully saturated rings. The number of benzene rings is 3. The van der Waals surface area contributed by atoms with Gasteiger partial charge in [-0.3, -0.25) is 19.3 Å². The van der Waals surface area contributed by atoms with E-state index in [1.165, 1.54) is 0 Å². The van der Waals surface area contributed by atoms with Crippen molar-refractivity contribution in [2.75, 3.05) is 18.4 Å². The van der Waals surface area contributed by atoms with Crippen LogP contribution in [0.2, 0.25) is 0 Å². The van der Waals surface area contributed by atoms with Crippen molar-refractivity contribution < 1.29 is 19.2 Å². The molecular formula is C27H28N4O4. The summed E-state index contributed by atoms with van der Waals surface area (Å²) in [5.41, 5.74) is 2.99. The van der Waals surface area contributed by atoms with Crippen molar-refractivity contribution in [3.05, 3.63) is 76.9 Å². The van der Waals surface area contributed by atoms with Gasteiger partial charge in [0.15, 0.2) is 0 Å². The van der Waals surface area contributed by atoms with E-state index in [1.807, 2.05) is 69.3 Å². The van der Waals surface area contributed by atoms with Gasteiger partial charge in [0.05, 0.1) is 6.54 Å². The van der Waals surface area contributed by atoms with Gasteiger partial charge < -0.3 is 16.0 Å². The highest BCUT2D eigenvalue weighted by atomic mass is 16.2. The van der Waals surface area contributed by atoms with Gasteiger partial charge in [-0.25, -0.2) is 4.79 Å². The topological polar surface area (TPSA) is 108 Å². The fourth-order valence-corrected chi connectivity index (χ4v) is 4.62. The van der Waals surface area contributed by atoms with Crippen LogP contribution in [-0.2, 0) is 19.9 Å². The van der Waals surface area contributed by atoms with Crippen molar-refractivity contribution in [3.8, 4) is 0 Å². The maximum Gasteiger partial charge on any atom is 0.325 e. The fourth-order valence-electron chi connectivity index (χ4n) is 4.62. The molecule has 3 aromatic carbocycles. The number of nitrogens with one attached hydrogen (secondary N) is 3. The largest absolute Gasteiger partial charge is 0.345 e. The third-order valence-electron chi connectivity index (χ3n) is 6.29. The highest BCUT2D eigenvalue weighted by molar-refractivity contribution is 6.11. The summed E-state index contributed by atoms with van der Waals surface area (Å²) in [5.74, 6) is -1.53. The Morgan fingerprint density at radius 3 is 2.31 bits per heavy atom. The van der Waals surface area contributed by atoms with Crippen LogP contribution in [0.1, 0.15) is 29.2 Å². The van der Waals surface area contributed by atoms with Crippen LogP contribution < -0.4 is 16.0 Å². The first kappa shape index (κ1) is 23.9. The van der Waals surface area contributed by atoms with Crippen LogP contribution in [-0.4, -0.2) is 41.7 Å². The average molecular weight is 473 g/mol. The second-order valence-electron chi connectivity index (χ2n) is 9.07. The fraction of sp³-hybridized carbons (Fsp3) is 0.259. The van der Waals surface area contributed by atoms with E-state index in [0.717, 1.165) is 32.4 Å². The third-order valence-corrected chi connectivity index (χ3v) is 6.29. The van der Waals surface area contributed by atoms with E-state index in [9.17, 15) is 19.2 Å². The summed E-state index contributed by atoms with van der Waals surface area (Å²) in [4.78, 5) is 51.7. The van der Waals surface area contributed by atoms with E-state index in [0.29, 0.717) is 11.3 Å². The number of imide groups is 1. The lowest BCUT2D eigenvalue weighted by Gasteiger charge is -2.24. The van der Waals surface area contributed by atoms with Gasteiger partial charge in [-0.2, -0.15) is 0 Å². The molecule has 1 atom stereocenters. The van der Waals surface area contributed by atoms with Crippen LogP contribution in [0.4, 0.5) is 10.5 Å². The van der Waals surface area contributed by atoms with Crippen LogP contribution in [0.15, 0.2) is 54.6 Å². The molecule has 1 aliphatic rings. The lowest BCUT2D eigenvalue weighted by molar-refractivity contribution is -0.134. The second-order valence-corrected chi connectivity index (χ2v) is 9.07. The SMILES string of the molecule is Cc1cc(C)c(NC(=O)CNC(=O)CN2C(=O)N[C@@](C)(c3cccc4ccccc34)C2=O)c(C)c1. The van der Waals surface area contributed by atoms with Crippen LogP contribution in [0.5, 0.6) is 0 Å². The molecule has 0 aromatic heterocycles. The molecule has 5 amide bonds. The van der Waals surface area contributed by atoms with Gasteiger partial charge in [-0.15, -0.1) is 0 Å². The van der Waals surface area contributed by atoms with E-state index < -0.39 is 35.8 Å². The van der Waals surface area contributed by atoms with Gasteiger partial charge in [0, 0.05) is 5.69 Å². The summed E-state index contributed by atoms with van der Waals surface area (Å²) in [5, 5.41) is 9.82. The number of hydrogen-bond acceptors (Lipinski definition) is 4. The van der Waals surface area contributed by atoms with E-state index in [4.69, 9.17) is 0 Å². The Kier molecular flexibility index (Phi) is 6.30. The van der Waals surface area contributed by atoms with Gasteiger partial charge in [0.2, 0.25) is 11.8 Å². The molecule has 3 N–H and O–H groups in total. The first-order valence-corrected chi connectivity index (χ1v) is 11.4. The van der Waals surface area contributed by atoms with Crippen molar-refractivity contribution in [2.24, 2.45) is 0 Å². The van der Waals surface area contributed by atoms with Crippen LogP contribution >= 0.6 is 0 Å². The molecule has 0 aliphatic carbocycles. The van der Waals surface area contributed by atoms with Gasteiger partial charge in [0.1, 0.15) is 12.1 Å². The summed E-state index contributed by atoms with van der Waals surface area (Å²) in [6.07, 6.45) is 0. The zero-order valence-corrected chi connectivity index (χ0v) is 20.2. The monoisotopic (exact) mass is 472 g/mol. The quantitative estimate of drug-likeness (QED) is 0.479. The molecule has 1 heterocycles. The number of nitrogens with zero attached hydrogens (tertiary/aromatic N) is 1. The number of aryl methyl sites for hydroxylation is 3. The minimum Gasteiger partial charge on any atom is -0.345 e. The predicted octanol–water partition coefficient (Wildman–Crippen LogP) is 3.29. The molecule has 1 saturated heterocycles. The zero-order chi connectivity index (χ0) is 25.3. The lowest BCUT2D eigenvalue weighted by Crippen LogP contribution is -2.44. The molecule has 35 heavy (non-hydrogen) atoms. The second kappa shape index (κ2) is 9.21. The van der Waals surface area contributed by atoms with Gasteiger partial charge in [-0.05, 0) is 55.2 Å². The molecule has 0 radical (unpaired) electrons. The van der Waals surface area contributed by atoms with Crippen molar-refractivity contribution in [1.82, 2.24) is 15.5 Å². The number of amides is 5. The molecule has 1 aliphatic heterocycles. The highest BCUT2D eigenvalue weighted by Crippen LogP contribution is 2.33. The highest BCUT2D eigenvalue weighted by Gasteiger charge is 2.50. The number of carbonyl (C=O) groups is 4. The van der Waals surface area contributed by atoms with Crippen LogP contribution in [0.3, 0.4) is 0 Å². The first-order valence-electron chi connectivity index (χ1n) is 11.4. The Morgan fingerprint density at radius 1 is 0.943 bits per heavy atom. The standard InChI is InChI=1S/C27H28N4O4/c1-16-12-17(2)24(18(3)13-16)29-22(32)14-28-23(33)15-31-25(34)27(4,30-26(31)35)21-11-7-9-19-8-5-6-10-20(19)21/h5-13H,14-15H2,1-4H3,(H,28,33)(H,29,32)(H,30,35)/t27-/m0/s1. The molecule has 0 bridgehead atoms. The van der Waals surface area contributed by atoms with Crippen LogP contribution in [0.25, 0.3) is 10.8 Å². The summed E-state index contributed by atoms with van der Waals surface area (Å²) >= 11 is 0. The lowest BCUT2D eigenvalue weighted by atomic mass is 9.88.